The third-order valence-corrected chi connectivity index (χ3v) is 3.76. The van der Waals surface area contributed by atoms with E-state index >= 15 is 0 Å². The Labute approximate surface area is 159 Å². The van der Waals surface area contributed by atoms with Gasteiger partial charge in [-0.05, 0) is 29.7 Å². The first-order chi connectivity index (χ1) is 12.0. The number of anilines is 1. The Balaban J connectivity index is 0.00000338. The average molecular weight is 379 g/mol. The molecule has 0 aliphatic heterocycles. The maximum absolute atomic E-state index is 12.0. The molecule has 2 rings (SSSR count). The molecule has 2 aromatic rings. The summed E-state index contributed by atoms with van der Waals surface area (Å²) in [4.78, 5) is 24.0. The van der Waals surface area contributed by atoms with Crippen molar-refractivity contribution < 1.29 is 19.1 Å². The summed E-state index contributed by atoms with van der Waals surface area (Å²) < 4.78 is 9.92. The maximum Gasteiger partial charge on any atom is 0.408 e. The van der Waals surface area contributed by atoms with Crippen LogP contribution in [0.3, 0.4) is 0 Å². The van der Waals surface area contributed by atoms with Crippen LogP contribution in [-0.4, -0.2) is 25.2 Å². The summed E-state index contributed by atoms with van der Waals surface area (Å²) >= 11 is 0. The Morgan fingerprint density at radius 2 is 1.81 bits per heavy atom. The van der Waals surface area contributed by atoms with Crippen molar-refractivity contribution in [3.63, 3.8) is 0 Å². The third kappa shape index (κ3) is 6.29. The maximum atomic E-state index is 12.0. The fourth-order valence-electron chi connectivity index (χ4n) is 2.34. The van der Waals surface area contributed by atoms with Crippen molar-refractivity contribution in [3.05, 3.63) is 65.2 Å². The van der Waals surface area contributed by atoms with Crippen LogP contribution in [0.1, 0.15) is 16.7 Å². The summed E-state index contributed by atoms with van der Waals surface area (Å²) in [6, 6.07) is 13.9. The van der Waals surface area contributed by atoms with Crippen molar-refractivity contribution in [1.82, 2.24) is 5.32 Å². The Morgan fingerprint density at radius 1 is 1.12 bits per heavy atom. The fourth-order valence-corrected chi connectivity index (χ4v) is 2.34. The third-order valence-electron chi connectivity index (χ3n) is 3.76. The molecule has 0 aliphatic carbocycles. The summed E-state index contributed by atoms with van der Waals surface area (Å²) in [7, 11) is 1.28. The van der Waals surface area contributed by atoms with E-state index in [0.717, 1.165) is 16.7 Å². The second-order valence-corrected chi connectivity index (χ2v) is 5.68. The zero-order chi connectivity index (χ0) is 18.2. The van der Waals surface area contributed by atoms with Crippen LogP contribution >= 0.6 is 12.4 Å². The van der Waals surface area contributed by atoms with Crippen LogP contribution in [0.25, 0.3) is 0 Å². The Kier molecular flexibility index (Phi) is 8.45. The molecule has 1 unspecified atom stereocenters. The first-order valence-corrected chi connectivity index (χ1v) is 7.89. The number of amides is 1. The Bertz CT molecular complexity index is 738. The van der Waals surface area contributed by atoms with E-state index in [0.29, 0.717) is 5.69 Å². The van der Waals surface area contributed by atoms with E-state index in [4.69, 9.17) is 15.2 Å². The molecule has 0 heterocycles. The molecule has 0 aromatic heterocycles. The van der Waals surface area contributed by atoms with Gasteiger partial charge >= 0.3 is 12.1 Å². The normalized spacial score (nSPS) is 11.0. The number of hydrogen-bond acceptors (Lipinski definition) is 5. The quantitative estimate of drug-likeness (QED) is 0.595. The zero-order valence-corrected chi connectivity index (χ0v) is 15.5. The van der Waals surface area contributed by atoms with Gasteiger partial charge in [0.25, 0.3) is 0 Å². The van der Waals surface area contributed by atoms with E-state index in [1.807, 2.05) is 49.4 Å². The fraction of sp³-hybridized carbons (Fsp3) is 0.263. The van der Waals surface area contributed by atoms with Crippen LogP contribution in [-0.2, 0) is 27.3 Å². The molecule has 6 nitrogen and oxygen atoms in total. The minimum absolute atomic E-state index is 0. The van der Waals surface area contributed by atoms with E-state index in [-0.39, 0.29) is 25.4 Å². The molecule has 140 valence electrons. The van der Waals surface area contributed by atoms with Crippen LogP contribution in [0.5, 0.6) is 0 Å². The summed E-state index contributed by atoms with van der Waals surface area (Å²) in [5.41, 5.74) is 9.11. The molecule has 26 heavy (non-hydrogen) atoms. The molecule has 3 N–H and O–H groups in total. The SMILES string of the molecule is COC(=O)C(Cc1ccc(N)c(C)c1)NC(=O)OCc1ccccc1.Cl. The number of methoxy groups -OCH3 is 1. The summed E-state index contributed by atoms with van der Waals surface area (Å²) in [5.74, 6) is -0.536. The van der Waals surface area contributed by atoms with Gasteiger partial charge in [0.15, 0.2) is 0 Å². The van der Waals surface area contributed by atoms with Crippen LogP contribution in [0.2, 0.25) is 0 Å². The van der Waals surface area contributed by atoms with Crippen LogP contribution in [0, 0.1) is 6.92 Å². The highest BCUT2D eigenvalue weighted by atomic mass is 35.5. The first-order valence-electron chi connectivity index (χ1n) is 7.89. The molecule has 0 saturated carbocycles. The summed E-state index contributed by atoms with van der Waals surface area (Å²) in [6.07, 6.45) is -0.389. The number of esters is 1. The van der Waals surface area contributed by atoms with Gasteiger partial charge in [0, 0.05) is 12.1 Å². The van der Waals surface area contributed by atoms with Crippen molar-refractivity contribution in [1.29, 1.82) is 0 Å². The Hall–Kier alpha value is -2.73. The lowest BCUT2D eigenvalue weighted by Crippen LogP contribution is -2.43. The van der Waals surface area contributed by atoms with Crippen LogP contribution in [0.15, 0.2) is 48.5 Å². The molecular weight excluding hydrogens is 356 g/mol. The van der Waals surface area contributed by atoms with Gasteiger partial charge in [0.2, 0.25) is 0 Å². The lowest BCUT2D eigenvalue weighted by Gasteiger charge is -2.17. The number of aryl methyl sites for hydroxylation is 1. The minimum atomic E-state index is -0.837. The van der Waals surface area contributed by atoms with E-state index in [2.05, 4.69) is 5.32 Å². The number of nitrogens with two attached hydrogens (primary N) is 1. The van der Waals surface area contributed by atoms with Crippen molar-refractivity contribution in [2.24, 2.45) is 0 Å². The molecule has 0 bridgehead atoms. The topological polar surface area (TPSA) is 90.6 Å². The second-order valence-electron chi connectivity index (χ2n) is 5.68. The standard InChI is InChI=1S/C19H22N2O4.ClH/c1-13-10-15(8-9-16(13)20)11-17(18(22)24-2)21-19(23)25-12-14-6-4-3-5-7-14;/h3-10,17H,11-12,20H2,1-2H3,(H,21,23);1H. The number of carbonyl (C=O) groups is 2. The lowest BCUT2D eigenvalue weighted by molar-refractivity contribution is -0.143. The van der Waals surface area contributed by atoms with E-state index in [9.17, 15) is 9.59 Å². The number of alkyl carbamates (subject to hydrolysis) is 1. The van der Waals surface area contributed by atoms with Gasteiger partial charge in [-0.2, -0.15) is 0 Å². The number of hydrogen-bond donors (Lipinski definition) is 2. The number of ether oxygens (including phenoxy) is 2. The molecule has 7 heteroatoms. The highest BCUT2D eigenvalue weighted by Gasteiger charge is 2.23. The molecule has 0 spiro atoms. The van der Waals surface area contributed by atoms with Gasteiger partial charge in [-0.25, -0.2) is 9.59 Å². The van der Waals surface area contributed by atoms with Gasteiger partial charge in [-0.1, -0.05) is 42.5 Å². The van der Waals surface area contributed by atoms with Crippen molar-refractivity contribution in [3.8, 4) is 0 Å². The van der Waals surface area contributed by atoms with Crippen molar-refractivity contribution in [2.75, 3.05) is 12.8 Å². The molecule has 0 radical (unpaired) electrons. The number of nitrogens with one attached hydrogen (secondary N) is 1. The Morgan fingerprint density at radius 3 is 2.42 bits per heavy atom. The predicted molar refractivity (Wildman–Crippen MR) is 102 cm³/mol. The highest BCUT2D eigenvalue weighted by molar-refractivity contribution is 5.85. The molecule has 1 amide bonds. The number of halogens is 1. The van der Waals surface area contributed by atoms with Gasteiger partial charge in [-0.3, -0.25) is 0 Å². The van der Waals surface area contributed by atoms with Crippen molar-refractivity contribution in [2.45, 2.75) is 26.0 Å². The van der Waals surface area contributed by atoms with E-state index < -0.39 is 18.1 Å². The highest BCUT2D eigenvalue weighted by Crippen LogP contribution is 2.14. The summed E-state index contributed by atoms with van der Waals surface area (Å²) in [5, 5.41) is 2.55. The zero-order valence-electron chi connectivity index (χ0n) is 14.7. The first kappa shape index (κ1) is 21.3. The van der Waals surface area contributed by atoms with Gasteiger partial charge < -0.3 is 20.5 Å². The summed E-state index contributed by atoms with van der Waals surface area (Å²) in [6.45, 7) is 2.01. The van der Waals surface area contributed by atoms with Gasteiger partial charge in [0.05, 0.1) is 7.11 Å². The smallest absolute Gasteiger partial charge is 0.408 e. The second kappa shape index (κ2) is 10.3. The predicted octanol–water partition coefficient (Wildman–Crippen LogP) is 3.01. The molecule has 0 saturated heterocycles. The largest absolute Gasteiger partial charge is 0.467 e. The number of rotatable bonds is 6. The molecule has 1 atom stereocenters. The van der Waals surface area contributed by atoms with Crippen molar-refractivity contribution >= 4 is 30.2 Å². The van der Waals surface area contributed by atoms with Gasteiger partial charge in [0.1, 0.15) is 12.6 Å². The van der Waals surface area contributed by atoms with Crippen LogP contribution < -0.4 is 11.1 Å². The average Bonchev–Trinajstić information content (AvgIpc) is 2.62. The minimum Gasteiger partial charge on any atom is -0.467 e. The van der Waals surface area contributed by atoms with E-state index in [1.54, 1.807) is 6.07 Å². The molecule has 2 aromatic carbocycles. The van der Waals surface area contributed by atoms with E-state index in [1.165, 1.54) is 7.11 Å². The molecule has 0 fully saturated rings. The lowest BCUT2D eigenvalue weighted by atomic mass is 10.0. The molecule has 0 aliphatic rings. The number of carbonyl (C=O) groups excluding carboxylic acids is 2. The number of nitrogen functional groups attached to an aromatic ring is 1. The van der Waals surface area contributed by atoms with Gasteiger partial charge in [-0.15, -0.1) is 12.4 Å². The van der Waals surface area contributed by atoms with Crippen LogP contribution in [0.4, 0.5) is 10.5 Å². The molecular formula is C19H23ClN2O4. The monoisotopic (exact) mass is 378 g/mol. The number of benzene rings is 2.